The van der Waals surface area contributed by atoms with Gasteiger partial charge in [-0.15, -0.1) is 11.8 Å². The molecule has 7 heteroatoms. The summed E-state index contributed by atoms with van der Waals surface area (Å²) >= 11 is 1.53. The van der Waals surface area contributed by atoms with Crippen LogP contribution in [0.5, 0.6) is 5.75 Å². The van der Waals surface area contributed by atoms with E-state index in [0.29, 0.717) is 19.7 Å². The number of carbonyl (C=O) groups is 2. The summed E-state index contributed by atoms with van der Waals surface area (Å²) < 4.78 is 11.8. The molecule has 0 saturated carbocycles. The highest BCUT2D eigenvalue weighted by Crippen LogP contribution is 2.48. The largest absolute Gasteiger partial charge is 0.489 e. The summed E-state index contributed by atoms with van der Waals surface area (Å²) in [4.78, 5) is 30.7. The van der Waals surface area contributed by atoms with Crippen LogP contribution in [0.1, 0.15) is 28.9 Å². The van der Waals surface area contributed by atoms with E-state index in [2.05, 4.69) is 0 Å². The Hall–Kier alpha value is -3.29. The van der Waals surface area contributed by atoms with Gasteiger partial charge in [0, 0.05) is 24.9 Å². The minimum absolute atomic E-state index is 0.221. The van der Waals surface area contributed by atoms with Crippen molar-refractivity contribution in [2.24, 2.45) is 0 Å². The number of esters is 1. The minimum atomic E-state index is -0.946. The van der Waals surface area contributed by atoms with Crippen molar-refractivity contribution in [1.82, 2.24) is 4.90 Å². The fourth-order valence-electron chi connectivity index (χ4n) is 4.06. The first-order valence-electron chi connectivity index (χ1n) is 12.0. The summed E-state index contributed by atoms with van der Waals surface area (Å²) in [6.07, 6.45) is -0.946. The number of likely N-dealkylation sites (N-methyl/N-ethyl adjacent to an activating group) is 1. The van der Waals surface area contributed by atoms with Crippen LogP contribution >= 0.6 is 11.8 Å². The maximum atomic E-state index is 13.9. The fourth-order valence-corrected chi connectivity index (χ4v) is 5.41. The summed E-state index contributed by atoms with van der Waals surface area (Å²) in [6.45, 7) is 4.96. The molecule has 0 radical (unpaired) electrons. The molecule has 1 heterocycles. The van der Waals surface area contributed by atoms with Crippen LogP contribution < -0.4 is 9.64 Å². The van der Waals surface area contributed by atoms with Crippen LogP contribution in [-0.2, 0) is 20.9 Å². The molecule has 1 aliphatic rings. The van der Waals surface area contributed by atoms with Crippen LogP contribution in [0, 0.1) is 6.92 Å². The van der Waals surface area contributed by atoms with Gasteiger partial charge in [-0.1, -0.05) is 60.2 Å². The number of aryl methyl sites for hydroxylation is 1. The second kappa shape index (κ2) is 11.6. The molecule has 0 saturated heterocycles. The fraction of sp³-hybridized carbons (Fsp3) is 0.310. The Morgan fingerprint density at radius 1 is 1.03 bits per heavy atom. The van der Waals surface area contributed by atoms with Gasteiger partial charge >= 0.3 is 5.97 Å². The normalized spacial score (nSPS) is 17.5. The van der Waals surface area contributed by atoms with Crippen LogP contribution in [0.15, 0.2) is 77.7 Å². The first-order chi connectivity index (χ1) is 17.3. The molecule has 0 aliphatic carbocycles. The zero-order chi connectivity index (χ0) is 25.7. The molecule has 188 valence electrons. The lowest BCUT2D eigenvalue weighted by molar-refractivity contribution is -0.152. The summed E-state index contributed by atoms with van der Waals surface area (Å²) in [6, 6.07) is 23.8. The van der Waals surface area contributed by atoms with E-state index in [1.54, 1.807) is 4.90 Å². The van der Waals surface area contributed by atoms with Crippen molar-refractivity contribution in [1.29, 1.82) is 0 Å². The topological polar surface area (TPSA) is 59.1 Å². The molecule has 0 unspecified atom stereocenters. The highest BCUT2D eigenvalue weighted by molar-refractivity contribution is 7.99. The van der Waals surface area contributed by atoms with Gasteiger partial charge in [0.15, 0.2) is 6.10 Å². The maximum absolute atomic E-state index is 13.9. The quantitative estimate of drug-likeness (QED) is 0.391. The number of amides is 1. The van der Waals surface area contributed by atoms with Gasteiger partial charge in [0.1, 0.15) is 12.4 Å². The second-order valence-corrected chi connectivity index (χ2v) is 10.4. The first kappa shape index (κ1) is 25.8. The molecule has 6 nitrogen and oxygen atoms in total. The molecule has 3 aromatic carbocycles. The van der Waals surface area contributed by atoms with Crippen molar-refractivity contribution in [3.8, 4) is 5.75 Å². The predicted octanol–water partition coefficient (Wildman–Crippen LogP) is 5.25. The lowest BCUT2D eigenvalue weighted by Gasteiger charge is -2.28. The molecule has 1 aliphatic heterocycles. The number of fused-ring (bicyclic) bond motifs is 1. The molecule has 1 amide bonds. The van der Waals surface area contributed by atoms with E-state index in [9.17, 15) is 9.59 Å². The Kier molecular flexibility index (Phi) is 8.33. The monoisotopic (exact) mass is 504 g/mol. The molecular formula is C29H32N2O4S. The van der Waals surface area contributed by atoms with Gasteiger partial charge in [0.25, 0.3) is 5.91 Å². The van der Waals surface area contributed by atoms with Crippen LogP contribution in [0.4, 0.5) is 5.69 Å². The van der Waals surface area contributed by atoms with E-state index < -0.39 is 17.3 Å². The Bertz CT molecular complexity index is 1200. The third kappa shape index (κ3) is 6.28. The molecule has 36 heavy (non-hydrogen) atoms. The average Bonchev–Trinajstić information content (AvgIpc) is 2.96. The Morgan fingerprint density at radius 3 is 2.42 bits per heavy atom. The summed E-state index contributed by atoms with van der Waals surface area (Å²) in [5.74, 6) is 0.0250. The Balaban J connectivity index is 1.73. The van der Waals surface area contributed by atoms with E-state index in [-0.39, 0.29) is 5.91 Å². The molecule has 0 spiro atoms. The van der Waals surface area contributed by atoms with Gasteiger partial charge < -0.3 is 19.3 Å². The second-order valence-electron chi connectivity index (χ2n) is 9.18. The lowest BCUT2D eigenvalue weighted by Crippen LogP contribution is -2.45. The number of anilines is 1. The van der Waals surface area contributed by atoms with Crippen molar-refractivity contribution in [3.05, 3.63) is 89.5 Å². The van der Waals surface area contributed by atoms with Crippen molar-refractivity contribution in [2.45, 2.75) is 36.7 Å². The van der Waals surface area contributed by atoms with Gasteiger partial charge in [-0.05, 0) is 50.3 Å². The maximum Gasteiger partial charge on any atom is 0.303 e. The third-order valence-corrected chi connectivity index (χ3v) is 7.33. The summed E-state index contributed by atoms with van der Waals surface area (Å²) in [7, 11) is 3.94. The molecule has 3 aromatic rings. The highest BCUT2D eigenvalue weighted by Gasteiger charge is 2.41. The number of thioether (sulfide) groups is 1. The van der Waals surface area contributed by atoms with Crippen molar-refractivity contribution < 1.29 is 19.1 Å². The van der Waals surface area contributed by atoms with Gasteiger partial charge in [0.05, 0.1) is 10.9 Å². The van der Waals surface area contributed by atoms with E-state index in [1.807, 2.05) is 98.7 Å². The summed E-state index contributed by atoms with van der Waals surface area (Å²) in [5.41, 5.74) is 3.93. The van der Waals surface area contributed by atoms with E-state index in [1.165, 1.54) is 18.7 Å². The average molecular weight is 505 g/mol. The first-order valence-corrected chi connectivity index (χ1v) is 12.9. The Labute approximate surface area is 217 Å². The number of rotatable bonds is 8. The third-order valence-electron chi connectivity index (χ3n) is 5.98. The van der Waals surface area contributed by atoms with Crippen LogP contribution in [-0.4, -0.2) is 50.1 Å². The molecule has 0 bridgehead atoms. The lowest BCUT2D eigenvalue weighted by atomic mass is 10.0. The number of carbonyl (C=O) groups excluding carboxylic acids is 2. The van der Waals surface area contributed by atoms with E-state index >= 15 is 0 Å². The minimum Gasteiger partial charge on any atom is -0.489 e. The molecular weight excluding hydrogens is 472 g/mol. The number of nitrogens with zero attached hydrogens (tertiary/aromatic N) is 2. The molecule has 4 rings (SSSR count). The van der Waals surface area contributed by atoms with Crippen LogP contribution in [0.3, 0.4) is 0 Å². The van der Waals surface area contributed by atoms with Crippen molar-refractivity contribution >= 4 is 29.3 Å². The number of ether oxygens (including phenoxy) is 2. The van der Waals surface area contributed by atoms with Crippen molar-refractivity contribution in [2.75, 3.05) is 32.1 Å². The van der Waals surface area contributed by atoms with Gasteiger partial charge in [-0.25, -0.2) is 0 Å². The predicted molar refractivity (Wildman–Crippen MR) is 143 cm³/mol. The van der Waals surface area contributed by atoms with Crippen LogP contribution in [0.2, 0.25) is 0 Å². The number of benzene rings is 3. The number of hydrogen-bond donors (Lipinski definition) is 0. The van der Waals surface area contributed by atoms with E-state index in [0.717, 1.165) is 33.0 Å². The van der Waals surface area contributed by atoms with Crippen molar-refractivity contribution in [3.63, 3.8) is 0 Å². The van der Waals surface area contributed by atoms with Crippen LogP contribution in [0.25, 0.3) is 0 Å². The molecule has 2 atom stereocenters. The Morgan fingerprint density at radius 2 is 1.75 bits per heavy atom. The van der Waals surface area contributed by atoms with Gasteiger partial charge in [-0.2, -0.15) is 0 Å². The van der Waals surface area contributed by atoms with E-state index in [4.69, 9.17) is 9.47 Å². The zero-order valence-corrected chi connectivity index (χ0v) is 22.0. The smallest absolute Gasteiger partial charge is 0.303 e. The zero-order valence-electron chi connectivity index (χ0n) is 21.1. The summed E-state index contributed by atoms with van der Waals surface area (Å²) in [5, 5.41) is -0.394. The standard InChI is InChI=1S/C29H32N2O4S/c1-20-10-12-23(13-11-20)28-27(35-21(2)32)29(33)31(17-16-30(3)4)25-15-14-24(18-26(25)36-28)34-19-22-8-6-5-7-9-22/h5-15,18,27-28H,16-17,19H2,1-4H3/t27-,28+/m0/s1. The van der Waals surface area contributed by atoms with Gasteiger partial charge in [-0.3, -0.25) is 9.59 Å². The van der Waals surface area contributed by atoms with Gasteiger partial charge in [0.2, 0.25) is 0 Å². The molecule has 0 fully saturated rings. The number of hydrogen-bond acceptors (Lipinski definition) is 6. The SMILES string of the molecule is CC(=O)O[C@@H]1C(=O)N(CCN(C)C)c2ccc(OCc3ccccc3)cc2S[C@@H]1c1ccc(C)cc1. The molecule has 0 N–H and O–H groups in total. The molecule has 0 aromatic heterocycles. The highest BCUT2D eigenvalue weighted by atomic mass is 32.2.